The van der Waals surface area contributed by atoms with E-state index in [1.54, 1.807) is 4.90 Å². The summed E-state index contributed by atoms with van der Waals surface area (Å²) in [5, 5.41) is 2.66. The maximum Gasteiger partial charge on any atom is 0.416 e. The highest BCUT2D eigenvalue weighted by Gasteiger charge is 2.30. The number of amides is 3. The molecule has 1 aliphatic rings. The van der Waals surface area contributed by atoms with Gasteiger partial charge in [0.25, 0.3) is 0 Å². The molecule has 1 atom stereocenters. The minimum Gasteiger partial charge on any atom is -0.340 e. The van der Waals surface area contributed by atoms with E-state index in [1.807, 2.05) is 36.9 Å². The normalized spacial score (nSPS) is 15.5. The lowest BCUT2D eigenvalue weighted by Gasteiger charge is -2.35. The van der Waals surface area contributed by atoms with Crippen LogP contribution in [-0.4, -0.2) is 65.4 Å². The van der Waals surface area contributed by atoms with Crippen LogP contribution in [0, 0.1) is 0 Å². The van der Waals surface area contributed by atoms with E-state index in [-0.39, 0.29) is 30.6 Å². The van der Waals surface area contributed by atoms with Crippen molar-refractivity contribution in [2.45, 2.75) is 45.5 Å². The molecule has 2 aromatic rings. The van der Waals surface area contributed by atoms with Crippen molar-refractivity contribution in [2.24, 2.45) is 0 Å². The summed E-state index contributed by atoms with van der Waals surface area (Å²) in [5.41, 5.74) is 0.747. The predicted molar refractivity (Wildman–Crippen MR) is 130 cm³/mol. The molecule has 0 saturated carbocycles. The van der Waals surface area contributed by atoms with Gasteiger partial charge in [-0.05, 0) is 43.2 Å². The average molecular weight is 491 g/mol. The van der Waals surface area contributed by atoms with Crippen molar-refractivity contribution in [3.63, 3.8) is 0 Å². The van der Waals surface area contributed by atoms with Gasteiger partial charge in [-0.1, -0.05) is 37.3 Å². The minimum atomic E-state index is -4.43. The van der Waals surface area contributed by atoms with E-state index in [9.17, 15) is 22.8 Å². The number of halogens is 3. The van der Waals surface area contributed by atoms with Gasteiger partial charge in [0.05, 0.1) is 5.56 Å². The first kappa shape index (κ1) is 26.5. The van der Waals surface area contributed by atoms with Crippen LogP contribution in [0.2, 0.25) is 0 Å². The van der Waals surface area contributed by atoms with Crippen LogP contribution in [-0.2, 0) is 17.5 Å². The molecule has 3 amide bonds. The Balaban J connectivity index is 1.50. The molecule has 1 N–H and O–H groups in total. The number of urea groups is 1. The first-order valence-corrected chi connectivity index (χ1v) is 12.0. The number of carbonyl (C=O) groups is 2. The standard InChI is InChI=1S/C26H33F3N4O2/c1-3-20(2)33(25(35)30-23-11-9-22(10-12-23)26(27,28)29)14-13-24(34)32-17-15-31(16-18-32)19-21-7-5-4-6-8-21/h4-12,20H,3,13-19H2,1-2H3,(H,30,35). The molecule has 1 heterocycles. The van der Waals surface area contributed by atoms with E-state index in [0.29, 0.717) is 19.5 Å². The third kappa shape index (κ3) is 7.71. The summed E-state index contributed by atoms with van der Waals surface area (Å²) in [5.74, 6) is -0.00000529. The zero-order valence-corrected chi connectivity index (χ0v) is 20.2. The zero-order chi connectivity index (χ0) is 25.4. The van der Waals surface area contributed by atoms with E-state index >= 15 is 0 Å². The number of nitrogens with zero attached hydrogens (tertiary/aromatic N) is 3. The lowest BCUT2D eigenvalue weighted by molar-refractivity contribution is -0.137. The molecule has 6 nitrogen and oxygen atoms in total. The van der Waals surface area contributed by atoms with Crippen LogP contribution in [0.15, 0.2) is 54.6 Å². The molecular weight excluding hydrogens is 457 g/mol. The molecule has 9 heteroatoms. The molecule has 1 fully saturated rings. The number of anilines is 1. The van der Waals surface area contributed by atoms with Crippen molar-refractivity contribution in [3.05, 3.63) is 65.7 Å². The Morgan fingerprint density at radius 1 is 1.00 bits per heavy atom. The number of alkyl halides is 3. The SMILES string of the molecule is CCC(C)N(CCC(=O)N1CCN(Cc2ccccc2)CC1)C(=O)Nc1ccc(C(F)(F)F)cc1. The summed E-state index contributed by atoms with van der Waals surface area (Å²) in [6.45, 7) is 7.81. The van der Waals surface area contributed by atoms with Crippen LogP contribution < -0.4 is 5.32 Å². The minimum absolute atomic E-state index is 0.00000529. The topological polar surface area (TPSA) is 55.9 Å². The highest BCUT2D eigenvalue weighted by atomic mass is 19.4. The van der Waals surface area contributed by atoms with Crippen LogP contribution in [0.3, 0.4) is 0 Å². The van der Waals surface area contributed by atoms with E-state index in [4.69, 9.17) is 0 Å². The fourth-order valence-electron chi connectivity index (χ4n) is 4.05. The van der Waals surface area contributed by atoms with Gasteiger partial charge in [0, 0.05) is 57.4 Å². The number of hydrogen-bond acceptors (Lipinski definition) is 3. The molecule has 0 bridgehead atoms. The van der Waals surface area contributed by atoms with Crippen molar-refractivity contribution < 1.29 is 22.8 Å². The van der Waals surface area contributed by atoms with Crippen molar-refractivity contribution >= 4 is 17.6 Å². The number of benzene rings is 2. The monoisotopic (exact) mass is 490 g/mol. The van der Waals surface area contributed by atoms with E-state index in [1.165, 1.54) is 17.7 Å². The van der Waals surface area contributed by atoms with Gasteiger partial charge in [0.2, 0.25) is 5.91 Å². The lowest BCUT2D eigenvalue weighted by Crippen LogP contribution is -2.49. The smallest absolute Gasteiger partial charge is 0.340 e. The Hall–Kier alpha value is -3.07. The molecule has 1 unspecified atom stereocenters. The van der Waals surface area contributed by atoms with Gasteiger partial charge in [0.15, 0.2) is 0 Å². The molecule has 190 valence electrons. The van der Waals surface area contributed by atoms with Gasteiger partial charge in [-0.3, -0.25) is 9.69 Å². The third-order valence-corrected chi connectivity index (χ3v) is 6.39. The summed E-state index contributed by atoms with van der Waals surface area (Å²) >= 11 is 0. The summed E-state index contributed by atoms with van der Waals surface area (Å²) in [6.07, 6.45) is -3.55. The third-order valence-electron chi connectivity index (χ3n) is 6.39. The molecule has 0 spiro atoms. The second-order valence-electron chi connectivity index (χ2n) is 8.85. The van der Waals surface area contributed by atoms with Crippen molar-refractivity contribution in [2.75, 3.05) is 38.0 Å². The highest BCUT2D eigenvalue weighted by molar-refractivity contribution is 5.90. The van der Waals surface area contributed by atoms with Gasteiger partial charge in [0.1, 0.15) is 0 Å². The molecule has 3 rings (SSSR count). The molecule has 1 saturated heterocycles. The van der Waals surface area contributed by atoms with Gasteiger partial charge < -0.3 is 15.1 Å². The van der Waals surface area contributed by atoms with Crippen molar-refractivity contribution in [1.82, 2.24) is 14.7 Å². The number of piperazine rings is 1. The molecule has 1 aliphatic heterocycles. The first-order valence-electron chi connectivity index (χ1n) is 12.0. The Labute approximate surface area is 204 Å². The Bertz CT molecular complexity index is 959. The van der Waals surface area contributed by atoms with Gasteiger partial charge in [-0.2, -0.15) is 13.2 Å². The van der Waals surface area contributed by atoms with Crippen LogP contribution in [0.5, 0.6) is 0 Å². The largest absolute Gasteiger partial charge is 0.416 e. The molecule has 2 aromatic carbocycles. The maximum absolute atomic E-state index is 12.9. The van der Waals surface area contributed by atoms with Crippen LogP contribution >= 0.6 is 0 Å². The van der Waals surface area contributed by atoms with Crippen molar-refractivity contribution in [3.8, 4) is 0 Å². The van der Waals surface area contributed by atoms with Crippen LogP contribution in [0.4, 0.5) is 23.7 Å². The van der Waals surface area contributed by atoms with E-state index in [2.05, 4.69) is 22.3 Å². The number of hydrogen-bond donors (Lipinski definition) is 1. The highest BCUT2D eigenvalue weighted by Crippen LogP contribution is 2.30. The fourth-order valence-corrected chi connectivity index (χ4v) is 4.05. The fraction of sp³-hybridized carbons (Fsp3) is 0.462. The maximum atomic E-state index is 12.9. The summed E-state index contributed by atoms with van der Waals surface area (Å²) in [4.78, 5) is 31.4. The Morgan fingerprint density at radius 3 is 2.20 bits per heavy atom. The molecule has 35 heavy (non-hydrogen) atoms. The zero-order valence-electron chi connectivity index (χ0n) is 20.2. The van der Waals surface area contributed by atoms with Gasteiger partial charge >= 0.3 is 12.2 Å². The van der Waals surface area contributed by atoms with Crippen LogP contribution in [0.1, 0.15) is 37.8 Å². The predicted octanol–water partition coefficient (Wildman–Crippen LogP) is 5.07. The van der Waals surface area contributed by atoms with Crippen LogP contribution in [0.25, 0.3) is 0 Å². The summed E-state index contributed by atoms with van der Waals surface area (Å²) in [7, 11) is 0. The molecule has 0 radical (unpaired) electrons. The number of nitrogens with one attached hydrogen (secondary N) is 1. The number of rotatable bonds is 8. The Kier molecular flexibility index (Phi) is 9.14. The number of carbonyl (C=O) groups excluding carboxylic acids is 2. The van der Waals surface area contributed by atoms with Gasteiger partial charge in [-0.15, -0.1) is 0 Å². The first-order chi connectivity index (χ1) is 16.7. The quantitative estimate of drug-likeness (QED) is 0.562. The van der Waals surface area contributed by atoms with E-state index in [0.717, 1.165) is 31.8 Å². The average Bonchev–Trinajstić information content (AvgIpc) is 2.84. The van der Waals surface area contributed by atoms with Crippen molar-refractivity contribution in [1.29, 1.82) is 0 Å². The summed E-state index contributed by atoms with van der Waals surface area (Å²) in [6, 6.07) is 14.0. The van der Waals surface area contributed by atoms with Gasteiger partial charge in [-0.25, -0.2) is 4.79 Å². The molecule has 0 aromatic heterocycles. The molecule has 0 aliphatic carbocycles. The second kappa shape index (κ2) is 12.1. The second-order valence-corrected chi connectivity index (χ2v) is 8.85. The summed E-state index contributed by atoms with van der Waals surface area (Å²) < 4.78 is 38.3. The molecular formula is C26H33F3N4O2. The lowest BCUT2D eigenvalue weighted by atomic mass is 10.2. The van der Waals surface area contributed by atoms with E-state index < -0.39 is 17.8 Å². The Morgan fingerprint density at radius 2 is 1.63 bits per heavy atom.